The van der Waals surface area contributed by atoms with Crippen LogP contribution in [0.3, 0.4) is 0 Å². The van der Waals surface area contributed by atoms with Gasteiger partial charge in [0.15, 0.2) is 0 Å². The largest absolute Gasteiger partial charge is 0.382 e. The number of sulfonamides is 1. The number of hydrogen-bond donors (Lipinski definition) is 1. The van der Waals surface area contributed by atoms with Crippen molar-refractivity contribution < 1.29 is 8.42 Å². The third-order valence-corrected chi connectivity index (χ3v) is 7.02. The van der Waals surface area contributed by atoms with Crippen LogP contribution in [0.5, 0.6) is 0 Å². The van der Waals surface area contributed by atoms with E-state index in [1.54, 1.807) is 16.4 Å². The predicted octanol–water partition coefficient (Wildman–Crippen LogP) is 5.14. The number of aryl methyl sites for hydroxylation is 1. The molecule has 2 atom stereocenters. The number of rotatable bonds is 4. The fourth-order valence-corrected chi connectivity index (χ4v) is 5.45. The summed E-state index contributed by atoms with van der Waals surface area (Å²) >= 11 is 0. The number of anilines is 2. The molecule has 0 saturated heterocycles. The molecule has 0 unspecified atom stereocenters. The van der Waals surface area contributed by atoms with Crippen LogP contribution in [0.4, 0.5) is 11.4 Å². The average molecular weight is 393 g/mol. The number of nitrogens with zero attached hydrogens (tertiary/aromatic N) is 1. The summed E-state index contributed by atoms with van der Waals surface area (Å²) in [5, 5.41) is 3.47. The molecular weight excluding hydrogens is 368 g/mol. The van der Waals surface area contributed by atoms with Crippen molar-refractivity contribution in [3.63, 3.8) is 0 Å². The average Bonchev–Trinajstić information content (AvgIpc) is 2.69. The Labute approximate surface area is 166 Å². The summed E-state index contributed by atoms with van der Waals surface area (Å²) in [6.07, 6.45) is 0.691. The molecule has 144 valence electrons. The van der Waals surface area contributed by atoms with Gasteiger partial charge in [-0.05, 0) is 56.2 Å². The van der Waals surface area contributed by atoms with Crippen molar-refractivity contribution in [1.82, 2.24) is 0 Å². The van der Waals surface area contributed by atoms with Gasteiger partial charge in [0, 0.05) is 11.7 Å². The fourth-order valence-electron chi connectivity index (χ4n) is 3.81. The van der Waals surface area contributed by atoms with E-state index in [4.69, 9.17) is 0 Å². The Kier molecular flexibility index (Phi) is 4.85. The van der Waals surface area contributed by atoms with Gasteiger partial charge < -0.3 is 5.32 Å². The van der Waals surface area contributed by atoms with Gasteiger partial charge in [0.1, 0.15) is 0 Å². The summed E-state index contributed by atoms with van der Waals surface area (Å²) < 4.78 is 29.1. The quantitative estimate of drug-likeness (QED) is 0.669. The standard InChI is InChI=1S/C23H24N2O2S/c1-17-12-14-20(15-13-17)28(26,27)25(19-8-4-3-5-9-19)23-16-18(2)24-22-11-7-6-10-21(22)23/h3-15,18,23-24H,16H2,1-2H3/t18-,23-/m0/s1. The smallest absolute Gasteiger partial charge is 0.264 e. The topological polar surface area (TPSA) is 49.4 Å². The highest BCUT2D eigenvalue weighted by atomic mass is 32.2. The van der Waals surface area contributed by atoms with Crippen molar-refractivity contribution in [2.75, 3.05) is 9.62 Å². The van der Waals surface area contributed by atoms with Gasteiger partial charge in [-0.25, -0.2) is 8.42 Å². The van der Waals surface area contributed by atoms with E-state index in [1.165, 1.54) is 0 Å². The molecule has 0 radical (unpaired) electrons. The van der Waals surface area contributed by atoms with E-state index in [0.29, 0.717) is 17.0 Å². The van der Waals surface area contributed by atoms with Gasteiger partial charge in [0.2, 0.25) is 0 Å². The summed E-state index contributed by atoms with van der Waals surface area (Å²) in [5.41, 5.74) is 3.70. The van der Waals surface area contributed by atoms with Crippen molar-refractivity contribution >= 4 is 21.4 Å². The van der Waals surface area contributed by atoms with Crippen LogP contribution in [0.15, 0.2) is 83.8 Å². The van der Waals surface area contributed by atoms with Gasteiger partial charge in [-0.1, -0.05) is 54.1 Å². The van der Waals surface area contributed by atoms with Crippen LogP contribution < -0.4 is 9.62 Å². The highest BCUT2D eigenvalue weighted by molar-refractivity contribution is 7.92. The molecule has 1 N–H and O–H groups in total. The first-order chi connectivity index (χ1) is 13.5. The Morgan fingerprint density at radius 1 is 0.893 bits per heavy atom. The lowest BCUT2D eigenvalue weighted by Gasteiger charge is -2.39. The number of fused-ring (bicyclic) bond motifs is 1. The van der Waals surface area contributed by atoms with Crippen LogP contribution >= 0.6 is 0 Å². The molecule has 1 aliphatic heterocycles. The zero-order valence-electron chi connectivity index (χ0n) is 16.0. The molecule has 0 aliphatic carbocycles. The van der Waals surface area contributed by atoms with Gasteiger partial charge in [0.05, 0.1) is 16.6 Å². The second kappa shape index (κ2) is 7.32. The van der Waals surface area contributed by atoms with Crippen LogP contribution in [0.1, 0.15) is 30.5 Å². The van der Waals surface area contributed by atoms with Crippen molar-refractivity contribution in [3.05, 3.63) is 90.0 Å². The molecule has 1 heterocycles. The second-order valence-corrected chi connectivity index (χ2v) is 9.15. The van der Waals surface area contributed by atoms with Crippen LogP contribution in [0.2, 0.25) is 0 Å². The van der Waals surface area contributed by atoms with Crippen LogP contribution in [0, 0.1) is 6.92 Å². The SMILES string of the molecule is Cc1ccc(S(=O)(=O)N(c2ccccc2)[C@H]2C[C@H](C)Nc3ccccc32)cc1. The fraction of sp³-hybridized carbons (Fsp3) is 0.217. The molecule has 0 fully saturated rings. The molecule has 28 heavy (non-hydrogen) atoms. The van der Waals surface area contributed by atoms with E-state index in [-0.39, 0.29) is 12.1 Å². The minimum Gasteiger partial charge on any atom is -0.382 e. The highest BCUT2D eigenvalue weighted by Gasteiger charge is 2.36. The van der Waals surface area contributed by atoms with Gasteiger partial charge in [0.25, 0.3) is 10.0 Å². The first-order valence-electron chi connectivity index (χ1n) is 9.48. The first kappa shape index (κ1) is 18.6. The first-order valence-corrected chi connectivity index (χ1v) is 10.9. The molecule has 0 bridgehead atoms. The van der Waals surface area contributed by atoms with Gasteiger partial charge >= 0.3 is 0 Å². The Morgan fingerprint density at radius 3 is 2.25 bits per heavy atom. The number of benzene rings is 3. The third kappa shape index (κ3) is 3.38. The number of para-hydroxylation sites is 2. The molecule has 0 spiro atoms. The Bertz CT molecular complexity index is 1060. The summed E-state index contributed by atoms with van der Waals surface area (Å²) in [4.78, 5) is 0.311. The molecule has 4 nitrogen and oxygen atoms in total. The lowest BCUT2D eigenvalue weighted by molar-refractivity contribution is 0.541. The number of hydrogen-bond acceptors (Lipinski definition) is 3. The molecule has 5 heteroatoms. The predicted molar refractivity (Wildman–Crippen MR) is 114 cm³/mol. The lowest BCUT2D eigenvalue weighted by atomic mass is 9.93. The lowest BCUT2D eigenvalue weighted by Crippen LogP contribution is -2.40. The molecule has 3 aromatic carbocycles. The molecule has 0 saturated carbocycles. The molecule has 3 aromatic rings. The van der Waals surface area contributed by atoms with Crippen molar-refractivity contribution in [1.29, 1.82) is 0 Å². The minimum atomic E-state index is -3.73. The molecule has 1 aliphatic rings. The van der Waals surface area contributed by atoms with E-state index in [1.807, 2.05) is 73.7 Å². The maximum absolute atomic E-state index is 13.8. The maximum atomic E-state index is 13.8. The Morgan fingerprint density at radius 2 is 1.54 bits per heavy atom. The molecule has 0 amide bonds. The normalized spacial score (nSPS) is 18.8. The van der Waals surface area contributed by atoms with Gasteiger partial charge in [-0.2, -0.15) is 0 Å². The van der Waals surface area contributed by atoms with E-state index in [0.717, 1.165) is 16.8 Å². The van der Waals surface area contributed by atoms with E-state index >= 15 is 0 Å². The van der Waals surface area contributed by atoms with Crippen LogP contribution in [0.25, 0.3) is 0 Å². The van der Waals surface area contributed by atoms with Gasteiger partial charge in [-0.3, -0.25) is 4.31 Å². The van der Waals surface area contributed by atoms with E-state index in [2.05, 4.69) is 12.2 Å². The van der Waals surface area contributed by atoms with Crippen LogP contribution in [-0.4, -0.2) is 14.5 Å². The summed E-state index contributed by atoms with van der Waals surface area (Å²) in [6.45, 7) is 4.04. The van der Waals surface area contributed by atoms with Gasteiger partial charge in [-0.15, -0.1) is 0 Å². The summed E-state index contributed by atoms with van der Waals surface area (Å²) in [7, 11) is -3.73. The zero-order chi connectivity index (χ0) is 19.7. The maximum Gasteiger partial charge on any atom is 0.264 e. The highest BCUT2D eigenvalue weighted by Crippen LogP contribution is 2.41. The minimum absolute atomic E-state index is 0.166. The van der Waals surface area contributed by atoms with Crippen molar-refractivity contribution in [3.8, 4) is 0 Å². The third-order valence-electron chi connectivity index (χ3n) is 5.17. The summed E-state index contributed by atoms with van der Waals surface area (Å²) in [5.74, 6) is 0. The monoisotopic (exact) mass is 392 g/mol. The van der Waals surface area contributed by atoms with Crippen molar-refractivity contribution in [2.45, 2.75) is 37.2 Å². The van der Waals surface area contributed by atoms with E-state index < -0.39 is 10.0 Å². The molecule has 4 rings (SSSR count). The number of nitrogens with one attached hydrogen (secondary N) is 1. The second-order valence-electron chi connectivity index (χ2n) is 7.33. The molecule has 0 aromatic heterocycles. The van der Waals surface area contributed by atoms with Crippen molar-refractivity contribution in [2.24, 2.45) is 0 Å². The van der Waals surface area contributed by atoms with E-state index in [9.17, 15) is 8.42 Å². The Hall–Kier alpha value is -2.79. The Balaban J connectivity index is 1.90. The zero-order valence-corrected chi connectivity index (χ0v) is 16.9. The van der Waals surface area contributed by atoms with Crippen LogP contribution in [-0.2, 0) is 10.0 Å². The summed E-state index contributed by atoms with van der Waals surface area (Å²) in [6, 6.07) is 24.3. The molecular formula is C23H24N2O2S.